The normalized spacial score (nSPS) is 10.8. The Balaban J connectivity index is 2.05. The van der Waals surface area contributed by atoms with Gasteiger partial charge in [0.2, 0.25) is 0 Å². The third-order valence-electron chi connectivity index (χ3n) is 2.79. The van der Waals surface area contributed by atoms with Crippen molar-refractivity contribution >= 4 is 11.8 Å². The number of phenolic OH excluding ortho intramolecular Hbond substituents is 1. The van der Waals surface area contributed by atoms with Crippen LogP contribution in [0.25, 0.3) is 0 Å². The van der Waals surface area contributed by atoms with E-state index >= 15 is 0 Å². The first-order chi connectivity index (χ1) is 8.74. The fraction of sp³-hybridized carbons (Fsp3) is 0.571. The van der Waals surface area contributed by atoms with Crippen molar-refractivity contribution in [1.29, 1.82) is 0 Å². The Morgan fingerprint density at radius 1 is 1.22 bits per heavy atom. The maximum absolute atomic E-state index is 13.0. The number of rotatable bonds is 9. The molecule has 0 bridgehead atoms. The highest BCUT2D eigenvalue weighted by Crippen LogP contribution is 2.15. The Bertz CT molecular complexity index is 347. The fourth-order valence-electron chi connectivity index (χ4n) is 1.74. The van der Waals surface area contributed by atoms with Crippen LogP contribution < -0.4 is 5.32 Å². The molecule has 0 atom stereocenters. The highest BCUT2D eigenvalue weighted by atomic mass is 32.2. The van der Waals surface area contributed by atoms with Gasteiger partial charge in [-0.3, -0.25) is 0 Å². The lowest BCUT2D eigenvalue weighted by molar-refractivity contribution is 0.431. The number of aromatic hydroxyl groups is 1. The molecule has 4 heteroatoms. The van der Waals surface area contributed by atoms with Crippen LogP contribution in [-0.4, -0.2) is 23.7 Å². The van der Waals surface area contributed by atoms with Gasteiger partial charge < -0.3 is 10.4 Å². The first kappa shape index (κ1) is 15.3. The van der Waals surface area contributed by atoms with Gasteiger partial charge in [0.15, 0.2) is 11.6 Å². The molecule has 0 spiro atoms. The molecule has 0 radical (unpaired) electrons. The standard InChI is InChI=1S/C14H22FNOS/c1-18-9-5-3-2-4-8-16-11-12-6-7-14(17)13(15)10-12/h6-7,10,16-17H,2-5,8-9,11H2,1H3. The predicted octanol–water partition coefficient (Wildman–Crippen LogP) is 3.54. The van der Waals surface area contributed by atoms with E-state index in [0.717, 1.165) is 18.5 Å². The number of hydrogen-bond acceptors (Lipinski definition) is 3. The van der Waals surface area contributed by atoms with Gasteiger partial charge in [0.25, 0.3) is 0 Å². The smallest absolute Gasteiger partial charge is 0.165 e. The van der Waals surface area contributed by atoms with E-state index in [-0.39, 0.29) is 5.75 Å². The van der Waals surface area contributed by atoms with Gasteiger partial charge in [-0.05, 0) is 49.1 Å². The molecule has 0 saturated carbocycles. The molecule has 2 N–H and O–H groups in total. The first-order valence-corrected chi connectivity index (χ1v) is 7.80. The topological polar surface area (TPSA) is 32.3 Å². The Morgan fingerprint density at radius 2 is 2.00 bits per heavy atom. The molecule has 1 aromatic carbocycles. The fourth-order valence-corrected chi connectivity index (χ4v) is 2.24. The number of nitrogens with one attached hydrogen (secondary N) is 1. The molecule has 1 rings (SSSR count). The molecule has 2 nitrogen and oxygen atoms in total. The van der Waals surface area contributed by atoms with Crippen molar-refractivity contribution in [1.82, 2.24) is 5.32 Å². The van der Waals surface area contributed by atoms with Crippen molar-refractivity contribution in [2.45, 2.75) is 32.2 Å². The third-order valence-corrected chi connectivity index (χ3v) is 3.49. The zero-order valence-corrected chi connectivity index (χ0v) is 11.7. The molecule has 0 aliphatic rings. The number of thioether (sulfide) groups is 1. The Kier molecular flexibility index (Phi) is 7.85. The number of benzene rings is 1. The van der Waals surface area contributed by atoms with Gasteiger partial charge in [-0.25, -0.2) is 4.39 Å². The zero-order chi connectivity index (χ0) is 13.2. The largest absolute Gasteiger partial charge is 0.505 e. The van der Waals surface area contributed by atoms with Crippen molar-refractivity contribution in [3.63, 3.8) is 0 Å². The van der Waals surface area contributed by atoms with Crippen LogP contribution in [0.15, 0.2) is 18.2 Å². The van der Waals surface area contributed by atoms with E-state index < -0.39 is 5.82 Å². The highest BCUT2D eigenvalue weighted by Gasteiger charge is 2.00. The third kappa shape index (κ3) is 6.26. The molecule has 0 saturated heterocycles. The van der Waals surface area contributed by atoms with Crippen LogP contribution >= 0.6 is 11.8 Å². The number of phenols is 1. The minimum absolute atomic E-state index is 0.285. The molecule has 0 aliphatic carbocycles. The summed E-state index contributed by atoms with van der Waals surface area (Å²) < 4.78 is 13.0. The van der Waals surface area contributed by atoms with E-state index in [2.05, 4.69) is 11.6 Å². The summed E-state index contributed by atoms with van der Waals surface area (Å²) in [6.45, 7) is 1.61. The van der Waals surface area contributed by atoms with Gasteiger partial charge in [-0.2, -0.15) is 11.8 Å². The van der Waals surface area contributed by atoms with Crippen LogP contribution in [0.5, 0.6) is 5.75 Å². The second kappa shape index (κ2) is 9.22. The van der Waals surface area contributed by atoms with Crippen molar-refractivity contribution in [3.05, 3.63) is 29.6 Å². The minimum Gasteiger partial charge on any atom is -0.505 e. The zero-order valence-electron chi connectivity index (χ0n) is 10.9. The van der Waals surface area contributed by atoms with Crippen LogP contribution in [0.1, 0.15) is 31.2 Å². The molecule has 0 aliphatic heterocycles. The van der Waals surface area contributed by atoms with Crippen molar-refractivity contribution in [3.8, 4) is 5.75 Å². The lowest BCUT2D eigenvalue weighted by Crippen LogP contribution is -2.14. The Labute approximate surface area is 113 Å². The maximum Gasteiger partial charge on any atom is 0.165 e. The van der Waals surface area contributed by atoms with Gasteiger partial charge in [-0.15, -0.1) is 0 Å². The number of hydrogen-bond donors (Lipinski definition) is 2. The molecule has 0 aromatic heterocycles. The van der Waals surface area contributed by atoms with E-state index in [9.17, 15) is 4.39 Å². The average Bonchev–Trinajstić information content (AvgIpc) is 2.37. The van der Waals surface area contributed by atoms with Crippen LogP contribution in [0.2, 0.25) is 0 Å². The molecule has 0 unspecified atom stereocenters. The summed E-state index contributed by atoms with van der Waals surface area (Å²) in [7, 11) is 0. The molecule has 0 heterocycles. The molecule has 0 fully saturated rings. The van der Waals surface area contributed by atoms with E-state index in [4.69, 9.17) is 5.11 Å². The summed E-state index contributed by atoms with van der Waals surface area (Å²) in [5, 5.41) is 12.3. The first-order valence-electron chi connectivity index (χ1n) is 6.41. The Morgan fingerprint density at radius 3 is 2.72 bits per heavy atom. The number of unbranched alkanes of at least 4 members (excludes halogenated alkanes) is 3. The SMILES string of the molecule is CSCCCCCCNCc1ccc(O)c(F)c1. The van der Waals surface area contributed by atoms with Crippen LogP contribution in [-0.2, 0) is 6.54 Å². The monoisotopic (exact) mass is 271 g/mol. The highest BCUT2D eigenvalue weighted by molar-refractivity contribution is 7.98. The van der Waals surface area contributed by atoms with Crippen LogP contribution in [0.3, 0.4) is 0 Å². The van der Waals surface area contributed by atoms with Crippen LogP contribution in [0.4, 0.5) is 4.39 Å². The van der Waals surface area contributed by atoms with Crippen molar-refractivity contribution in [2.24, 2.45) is 0 Å². The van der Waals surface area contributed by atoms with Gasteiger partial charge in [0.05, 0.1) is 0 Å². The van der Waals surface area contributed by atoms with Crippen LogP contribution in [0, 0.1) is 5.82 Å². The van der Waals surface area contributed by atoms with Gasteiger partial charge >= 0.3 is 0 Å². The molecule has 102 valence electrons. The summed E-state index contributed by atoms with van der Waals surface area (Å²) in [4.78, 5) is 0. The Hall–Kier alpha value is -0.740. The molecule has 18 heavy (non-hydrogen) atoms. The van der Waals surface area contributed by atoms with Crippen molar-refractivity contribution < 1.29 is 9.50 Å². The molecular weight excluding hydrogens is 249 g/mol. The summed E-state index contributed by atoms with van der Waals surface area (Å²) >= 11 is 1.90. The molecule has 0 amide bonds. The molecule has 1 aromatic rings. The van der Waals surface area contributed by atoms with E-state index in [1.807, 2.05) is 11.8 Å². The second-order valence-electron chi connectivity index (χ2n) is 4.37. The lowest BCUT2D eigenvalue weighted by Gasteiger charge is -2.05. The lowest BCUT2D eigenvalue weighted by atomic mass is 10.2. The second-order valence-corrected chi connectivity index (χ2v) is 5.36. The molecular formula is C14H22FNOS. The summed E-state index contributed by atoms with van der Waals surface area (Å²) in [6.07, 6.45) is 7.13. The van der Waals surface area contributed by atoms with E-state index in [1.165, 1.54) is 37.1 Å². The van der Waals surface area contributed by atoms with Crippen molar-refractivity contribution in [2.75, 3.05) is 18.6 Å². The van der Waals surface area contributed by atoms with E-state index in [0.29, 0.717) is 6.54 Å². The minimum atomic E-state index is -0.550. The van der Waals surface area contributed by atoms with Gasteiger partial charge in [-0.1, -0.05) is 18.9 Å². The summed E-state index contributed by atoms with van der Waals surface area (Å²) in [5.41, 5.74) is 0.868. The average molecular weight is 271 g/mol. The summed E-state index contributed by atoms with van der Waals surface area (Å²) in [5.74, 6) is 0.416. The number of halogens is 1. The van der Waals surface area contributed by atoms with E-state index in [1.54, 1.807) is 6.07 Å². The summed E-state index contributed by atoms with van der Waals surface area (Å²) in [6, 6.07) is 4.51. The predicted molar refractivity (Wildman–Crippen MR) is 76.6 cm³/mol. The van der Waals surface area contributed by atoms with Gasteiger partial charge in [0.1, 0.15) is 0 Å². The van der Waals surface area contributed by atoms with Gasteiger partial charge in [0, 0.05) is 6.54 Å². The quantitative estimate of drug-likeness (QED) is 0.674. The maximum atomic E-state index is 13.0.